The molecule has 0 saturated heterocycles. The van der Waals surface area contributed by atoms with Gasteiger partial charge in [-0.05, 0) is 17.5 Å². The molecule has 2 heterocycles. The lowest BCUT2D eigenvalue weighted by molar-refractivity contribution is 1.09. The highest BCUT2D eigenvalue weighted by atomic mass is 15.1. The average Bonchev–Trinajstić information content (AvgIpc) is 2.85. The van der Waals surface area contributed by atoms with Crippen molar-refractivity contribution in [3.8, 4) is 5.69 Å². The van der Waals surface area contributed by atoms with Crippen molar-refractivity contribution in [1.82, 2.24) is 14.8 Å². The van der Waals surface area contributed by atoms with Crippen molar-refractivity contribution in [3.63, 3.8) is 0 Å². The zero-order valence-corrected chi connectivity index (χ0v) is 7.51. The lowest BCUT2D eigenvalue weighted by Crippen LogP contribution is -1.87. The molecule has 3 rings (SSSR count). The van der Waals surface area contributed by atoms with Gasteiger partial charge in [0.1, 0.15) is 0 Å². The van der Waals surface area contributed by atoms with E-state index in [1.807, 2.05) is 24.5 Å². The molecule has 14 heavy (non-hydrogen) atoms. The maximum atomic E-state index is 3.94. The standard InChI is InChI=1S/C11H9N3/c1-2-4-11-9(3-1)5-6-14(11)10-7-12-13-8-10/h1-8H,(H,12,13). The normalized spacial score (nSPS) is 10.9. The van der Waals surface area contributed by atoms with Gasteiger partial charge in [0.15, 0.2) is 0 Å². The highest BCUT2D eigenvalue weighted by Crippen LogP contribution is 2.18. The second-order valence-electron chi connectivity index (χ2n) is 3.20. The molecule has 0 aliphatic carbocycles. The molecule has 3 aromatic rings. The molecule has 0 radical (unpaired) electrons. The Morgan fingerprint density at radius 3 is 2.93 bits per heavy atom. The summed E-state index contributed by atoms with van der Waals surface area (Å²) in [5, 5.41) is 8.00. The molecule has 3 nitrogen and oxygen atoms in total. The minimum absolute atomic E-state index is 1.06. The summed E-state index contributed by atoms with van der Waals surface area (Å²) in [5.41, 5.74) is 2.26. The topological polar surface area (TPSA) is 33.6 Å². The van der Waals surface area contributed by atoms with E-state index >= 15 is 0 Å². The number of hydrogen-bond acceptors (Lipinski definition) is 1. The second-order valence-corrected chi connectivity index (χ2v) is 3.20. The number of rotatable bonds is 1. The minimum atomic E-state index is 1.06. The zero-order chi connectivity index (χ0) is 9.38. The van der Waals surface area contributed by atoms with E-state index in [-0.39, 0.29) is 0 Å². The second kappa shape index (κ2) is 2.73. The fourth-order valence-electron chi connectivity index (χ4n) is 1.68. The predicted molar refractivity (Wildman–Crippen MR) is 55.4 cm³/mol. The average molecular weight is 183 g/mol. The molecule has 1 N–H and O–H groups in total. The van der Waals surface area contributed by atoms with Crippen LogP contribution in [0.2, 0.25) is 0 Å². The fraction of sp³-hybridized carbons (Fsp3) is 0. The predicted octanol–water partition coefficient (Wildman–Crippen LogP) is 2.35. The molecule has 0 aliphatic rings. The van der Waals surface area contributed by atoms with Gasteiger partial charge in [0.25, 0.3) is 0 Å². The molecule has 0 saturated carbocycles. The van der Waals surface area contributed by atoms with Gasteiger partial charge in [0, 0.05) is 12.4 Å². The Balaban J connectivity index is 2.33. The monoisotopic (exact) mass is 183 g/mol. The third-order valence-electron chi connectivity index (χ3n) is 2.36. The van der Waals surface area contributed by atoms with Crippen molar-refractivity contribution < 1.29 is 0 Å². The van der Waals surface area contributed by atoms with Gasteiger partial charge in [-0.2, -0.15) is 5.10 Å². The SMILES string of the molecule is c1ccc2c(c1)ccn2-c1cn[nH]c1. The van der Waals surface area contributed by atoms with Gasteiger partial charge in [-0.1, -0.05) is 18.2 Å². The lowest BCUT2D eigenvalue weighted by Gasteiger charge is -1.99. The summed E-state index contributed by atoms with van der Waals surface area (Å²) in [4.78, 5) is 0. The summed E-state index contributed by atoms with van der Waals surface area (Å²) >= 11 is 0. The molecule has 0 aliphatic heterocycles. The number of fused-ring (bicyclic) bond motifs is 1. The summed E-state index contributed by atoms with van der Waals surface area (Å²) in [5.74, 6) is 0. The molecular formula is C11H9N3. The Labute approximate surface area is 81.0 Å². The van der Waals surface area contributed by atoms with E-state index in [0.29, 0.717) is 0 Å². The van der Waals surface area contributed by atoms with Gasteiger partial charge in [0.2, 0.25) is 0 Å². The lowest BCUT2D eigenvalue weighted by atomic mass is 10.2. The summed E-state index contributed by atoms with van der Waals surface area (Å²) < 4.78 is 2.11. The molecule has 2 aromatic heterocycles. The smallest absolute Gasteiger partial charge is 0.0835 e. The van der Waals surface area contributed by atoms with Crippen LogP contribution in [0, 0.1) is 0 Å². The van der Waals surface area contributed by atoms with E-state index in [4.69, 9.17) is 0 Å². The molecule has 0 bridgehead atoms. The quantitative estimate of drug-likeness (QED) is 0.617. The highest BCUT2D eigenvalue weighted by molar-refractivity contribution is 5.81. The molecule has 0 spiro atoms. The Morgan fingerprint density at radius 1 is 1.14 bits per heavy atom. The Hall–Kier alpha value is -2.03. The molecule has 1 aromatic carbocycles. The molecule has 0 atom stereocenters. The summed E-state index contributed by atoms with van der Waals surface area (Å²) in [6.45, 7) is 0. The van der Waals surface area contributed by atoms with Crippen molar-refractivity contribution in [3.05, 3.63) is 48.9 Å². The van der Waals surface area contributed by atoms with Gasteiger partial charge >= 0.3 is 0 Å². The highest BCUT2D eigenvalue weighted by Gasteiger charge is 2.01. The number of nitrogens with zero attached hydrogens (tertiary/aromatic N) is 2. The van der Waals surface area contributed by atoms with Crippen LogP contribution in [0.5, 0.6) is 0 Å². The van der Waals surface area contributed by atoms with Crippen LogP contribution in [-0.2, 0) is 0 Å². The number of nitrogens with one attached hydrogen (secondary N) is 1. The Morgan fingerprint density at radius 2 is 2.07 bits per heavy atom. The van der Waals surface area contributed by atoms with E-state index < -0.39 is 0 Å². The molecule has 3 heteroatoms. The third-order valence-corrected chi connectivity index (χ3v) is 2.36. The van der Waals surface area contributed by atoms with Crippen LogP contribution in [0.4, 0.5) is 0 Å². The number of benzene rings is 1. The Bertz CT molecular complexity index is 549. The van der Waals surface area contributed by atoms with E-state index in [1.165, 1.54) is 10.9 Å². The first-order valence-corrected chi connectivity index (χ1v) is 4.50. The van der Waals surface area contributed by atoms with E-state index in [0.717, 1.165) is 5.69 Å². The van der Waals surface area contributed by atoms with Crippen LogP contribution in [0.25, 0.3) is 16.6 Å². The number of aromatic nitrogens is 3. The molecule has 0 amide bonds. The van der Waals surface area contributed by atoms with Crippen LogP contribution >= 0.6 is 0 Å². The van der Waals surface area contributed by atoms with Gasteiger partial charge in [0.05, 0.1) is 17.4 Å². The third kappa shape index (κ3) is 0.956. The van der Waals surface area contributed by atoms with Gasteiger partial charge < -0.3 is 4.57 Å². The maximum Gasteiger partial charge on any atom is 0.0835 e. The summed E-state index contributed by atoms with van der Waals surface area (Å²) in [6, 6.07) is 10.4. The van der Waals surface area contributed by atoms with Crippen LogP contribution in [0.1, 0.15) is 0 Å². The minimum Gasteiger partial charge on any atom is -0.314 e. The number of aromatic amines is 1. The van der Waals surface area contributed by atoms with Crippen molar-refractivity contribution >= 4 is 10.9 Å². The van der Waals surface area contributed by atoms with Crippen LogP contribution in [0.15, 0.2) is 48.9 Å². The first-order valence-electron chi connectivity index (χ1n) is 4.50. The van der Waals surface area contributed by atoms with Crippen LogP contribution < -0.4 is 0 Å². The summed E-state index contributed by atoms with van der Waals surface area (Å²) in [7, 11) is 0. The van der Waals surface area contributed by atoms with Gasteiger partial charge in [-0.3, -0.25) is 5.10 Å². The fourth-order valence-corrected chi connectivity index (χ4v) is 1.68. The Kier molecular flexibility index (Phi) is 1.44. The van der Waals surface area contributed by atoms with Crippen LogP contribution in [-0.4, -0.2) is 14.8 Å². The number of H-pyrrole nitrogens is 1. The van der Waals surface area contributed by atoms with E-state index in [1.54, 1.807) is 0 Å². The van der Waals surface area contributed by atoms with Gasteiger partial charge in [-0.15, -0.1) is 0 Å². The van der Waals surface area contributed by atoms with Crippen molar-refractivity contribution in [2.75, 3.05) is 0 Å². The van der Waals surface area contributed by atoms with Crippen molar-refractivity contribution in [2.45, 2.75) is 0 Å². The summed E-state index contributed by atoms with van der Waals surface area (Å²) in [6.07, 6.45) is 5.74. The van der Waals surface area contributed by atoms with E-state index in [9.17, 15) is 0 Å². The largest absolute Gasteiger partial charge is 0.314 e. The van der Waals surface area contributed by atoms with Crippen LogP contribution in [0.3, 0.4) is 0 Å². The first-order chi connectivity index (χ1) is 6.95. The van der Waals surface area contributed by atoms with Crippen molar-refractivity contribution in [1.29, 1.82) is 0 Å². The first kappa shape index (κ1) is 7.38. The van der Waals surface area contributed by atoms with Gasteiger partial charge in [-0.25, -0.2) is 0 Å². The molecule has 0 fully saturated rings. The molecular weight excluding hydrogens is 174 g/mol. The number of hydrogen-bond donors (Lipinski definition) is 1. The maximum absolute atomic E-state index is 3.94. The van der Waals surface area contributed by atoms with E-state index in [2.05, 4.69) is 39.2 Å². The van der Waals surface area contributed by atoms with Crippen molar-refractivity contribution in [2.24, 2.45) is 0 Å². The number of para-hydroxylation sites is 1. The molecule has 68 valence electrons. The molecule has 0 unspecified atom stereocenters. The zero-order valence-electron chi connectivity index (χ0n) is 7.51.